The minimum Gasteiger partial charge on any atom is -0.462 e. The van der Waals surface area contributed by atoms with Gasteiger partial charge >= 0.3 is 11.9 Å². The summed E-state index contributed by atoms with van der Waals surface area (Å²) in [6, 6.07) is 0. The molecule has 0 amide bonds. The lowest BCUT2D eigenvalue weighted by Crippen LogP contribution is -2.48. The SMILES string of the molecule is C=CC(=O)OCCC(=C)C(=O)OC1(C2CCCCC2)CC2CCC1C2. The molecule has 0 radical (unpaired) electrons. The van der Waals surface area contributed by atoms with Gasteiger partial charge in [-0.1, -0.05) is 32.4 Å². The van der Waals surface area contributed by atoms with Crippen molar-refractivity contribution in [1.82, 2.24) is 0 Å². The molecule has 3 atom stereocenters. The average molecular weight is 346 g/mol. The van der Waals surface area contributed by atoms with E-state index in [1.165, 1.54) is 51.4 Å². The van der Waals surface area contributed by atoms with E-state index in [-0.39, 0.29) is 18.2 Å². The highest BCUT2D eigenvalue weighted by Gasteiger charge is 2.57. The van der Waals surface area contributed by atoms with E-state index >= 15 is 0 Å². The molecule has 0 aliphatic heterocycles. The molecule has 3 saturated carbocycles. The van der Waals surface area contributed by atoms with E-state index in [2.05, 4.69) is 13.2 Å². The van der Waals surface area contributed by atoms with Crippen LogP contribution in [0.1, 0.15) is 64.2 Å². The molecular formula is C21H30O4. The second kappa shape index (κ2) is 7.76. The summed E-state index contributed by atoms with van der Waals surface area (Å²) >= 11 is 0. The van der Waals surface area contributed by atoms with E-state index in [0.717, 1.165) is 18.4 Å². The highest BCUT2D eigenvalue weighted by molar-refractivity contribution is 5.88. The Morgan fingerprint density at radius 2 is 1.84 bits per heavy atom. The first-order chi connectivity index (χ1) is 12.0. The van der Waals surface area contributed by atoms with Gasteiger partial charge in [-0.05, 0) is 56.3 Å². The molecule has 3 fully saturated rings. The van der Waals surface area contributed by atoms with Gasteiger partial charge in [0.2, 0.25) is 0 Å². The van der Waals surface area contributed by atoms with E-state index in [4.69, 9.17) is 9.47 Å². The largest absolute Gasteiger partial charge is 0.462 e. The molecule has 3 aliphatic carbocycles. The van der Waals surface area contributed by atoms with E-state index in [9.17, 15) is 9.59 Å². The van der Waals surface area contributed by atoms with Crippen molar-refractivity contribution in [3.05, 3.63) is 24.8 Å². The molecule has 3 rings (SSSR count). The van der Waals surface area contributed by atoms with Crippen LogP contribution < -0.4 is 0 Å². The Balaban J connectivity index is 1.62. The van der Waals surface area contributed by atoms with Crippen molar-refractivity contribution < 1.29 is 19.1 Å². The van der Waals surface area contributed by atoms with Gasteiger partial charge in [0.25, 0.3) is 0 Å². The van der Waals surface area contributed by atoms with Crippen LogP contribution in [0.5, 0.6) is 0 Å². The maximum atomic E-state index is 12.7. The monoisotopic (exact) mass is 346 g/mol. The zero-order chi connectivity index (χ0) is 17.9. The first kappa shape index (κ1) is 18.2. The summed E-state index contributed by atoms with van der Waals surface area (Å²) in [6.45, 7) is 7.36. The van der Waals surface area contributed by atoms with Gasteiger partial charge in [0.05, 0.1) is 6.61 Å². The number of fused-ring (bicyclic) bond motifs is 2. The molecule has 2 bridgehead atoms. The standard InChI is InChI=1S/C21H30O4/c1-3-19(22)24-12-11-15(2)20(23)25-21(17-7-5-4-6-8-17)14-16-9-10-18(21)13-16/h3,16-18H,1-2,4-14H2. The van der Waals surface area contributed by atoms with Crippen LogP contribution >= 0.6 is 0 Å². The topological polar surface area (TPSA) is 52.6 Å². The molecule has 0 saturated heterocycles. The molecule has 4 nitrogen and oxygen atoms in total. The van der Waals surface area contributed by atoms with Gasteiger partial charge in [0.1, 0.15) is 5.60 Å². The lowest BCUT2D eigenvalue weighted by molar-refractivity contribution is -0.172. The predicted octanol–water partition coefficient (Wildman–Crippen LogP) is 4.34. The lowest BCUT2D eigenvalue weighted by atomic mass is 9.69. The van der Waals surface area contributed by atoms with Crippen molar-refractivity contribution in [3.63, 3.8) is 0 Å². The number of ether oxygens (including phenoxy) is 2. The number of hydrogen-bond acceptors (Lipinski definition) is 4. The summed E-state index contributed by atoms with van der Waals surface area (Å²) in [4.78, 5) is 23.8. The van der Waals surface area contributed by atoms with Gasteiger partial charge in [0, 0.05) is 18.1 Å². The van der Waals surface area contributed by atoms with E-state index in [1.807, 2.05) is 0 Å². The molecule has 0 N–H and O–H groups in total. The third-order valence-electron chi connectivity index (χ3n) is 6.52. The molecule has 0 aromatic rings. The first-order valence-corrected chi connectivity index (χ1v) is 9.75. The maximum absolute atomic E-state index is 12.7. The predicted molar refractivity (Wildman–Crippen MR) is 95.8 cm³/mol. The fourth-order valence-corrected chi connectivity index (χ4v) is 5.30. The van der Waals surface area contributed by atoms with Crippen molar-refractivity contribution in [2.24, 2.45) is 17.8 Å². The third kappa shape index (κ3) is 3.83. The minimum atomic E-state index is -0.479. The summed E-state index contributed by atoms with van der Waals surface area (Å²) in [5, 5.41) is 0. The number of rotatable bonds is 7. The van der Waals surface area contributed by atoms with Crippen LogP contribution in [0.15, 0.2) is 24.8 Å². The van der Waals surface area contributed by atoms with Gasteiger partial charge in [-0.15, -0.1) is 0 Å². The Labute approximate surface area is 150 Å². The molecule has 138 valence electrons. The first-order valence-electron chi connectivity index (χ1n) is 9.75. The van der Waals surface area contributed by atoms with E-state index in [0.29, 0.717) is 23.8 Å². The highest BCUT2D eigenvalue weighted by Crippen LogP contribution is 2.58. The van der Waals surface area contributed by atoms with Crippen LogP contribution in [0.3, 0.4) is 0 Å². The second-order valence-electron chi connectivity index (χ2n) is 7.98. The number of esters is 2. The summed E-state index contributed by atoms with van der Waals surface area (Å²) in [7, 11) is 0. The molecular weight excluding hydrogens is 316 g/mol. The summed E-state index contributed by atoms with van der Waals surface area (Å²) < 4.78 is 11.2. The zero-order valence-corrected chi connectivity index (χ0v) is 15.1. The van der Waals surface area contributed by atoms with Gasteiger partial charge < -0.3 is 9.47 Å². The molecule has 0 aromatic carbocycles. The fourth-order valence-electron chi connectivity index (χ4n) is 5.30. The Morgan fingerprint density at radius 1 is 1.08 bits per heavy atom. The van der Waals surface area contributed by atoms with Crippen LogP contribution in [0.25, 0.3) is 0 Å². The Kier molecular flexibility index (Phi) is 5.65. The van der Waals surface area contributed by atoms with Gasteiger partial charge in [0.15, 0.2) is 0 Å². The fraction of sp³-hybridized carbons (Fsp3) is 0.714. The van der Waals surface area contributed by atoms with Crippen molar-refractivity contribution >= 4 is 11.9 Å². The average Bonchev–Trinajstić information content (AvgIpc) is 3.23. The second-order valence-corrected chi connectivity index (χ2v) is 7.98. The Bertz CT molecular complexity index is 546. The van der Waals surface area contributed by atoms with Crippen molar-refractivity contribution in [1.29, 1.82) is 0 Å². The third-order valence-corrected chi connectivity index (χ3v) is 6.52. The molecule has 3 aliphatic rings. The van der Waals surface area contributed by atoms with Crippen molar-refractivity contribution in [2.45, 2.75) is 69.8 Å². The smallest absolute Gasteiger partial charge is 0.334 e. The van der Waals surface area contributed by atoms with E-state index < -0.39 is 5.97 Å². The Morgan fingerprint density at radius 3 is 2.44 bits per heavy atom. The quantitative estimate of drug-likeness (QED) is 0.508. The summed E-state index contributed by atoms with van der Waals surface area (Å²) in [5.41, 5.74) is 0.135. The van der Waals surface area contributed by atoms with E-state index in [1.54, 1.807) is 0 Å². The maximum Gasteiger partial charge on any atom is 0.334 e. The van der Waals surface area contributed by atoms with Crippen LogP contribution in [0.4, 0.5) is 0 Å². The molecule has 25 heavy (non-hydrogen) atoms. The number of carbonyl (C=O) groups is 2. The normalized spacial score (nSPS) is 31.5. The number of carbonyl (C=O) groups excluding carboxylic acids is 2. The van der Waals surface area contributed by atoms with Crippen LogP contribution in [-0.2, 0) is 19.1 Å². The summed E-state index contributed by atoms with van der Waals surface area (Å²) in [5.74, 6) is 0.977. The minimum absolute atomic E-state index is 0.140. The zero-order valence-electron chi connectivity index (χ0n) is 15.1. The van der Waals surface area contributed by atoms with Crippen LogP contribution in [0, 0.1) is 17.8 Å². The molecule has 0 spiro atoms. The van der Waals surface area contributed by atoms with Crippen LogP contribution in [-0.4, -0.2) is 24.1 Å². The molecule has 4 heteroatoms. The summed E-state index contributed by atoms with van der Waals surface area (Å²) in [6.07, 6.45) is 12.3. The van der Waals surface area contributed by atoms with Crippen LogP contribution in [0.2, 0.25) is 0 Å². The molecule has 0 heterocycles. The van der Waals surface area contributed by atoms with Gasteiger partial charge in [-0.3, -0.25) is 0 Å². The Hall–Kier alpha value is -1.58. The van der Waals surface area contributed by atoms with Gasteiger partial charge in [-0.2, -0.15) is 0 Å². The van der Waals surface area contributed by atoms with Crippen molar-refractivity contribution in [2.75, 3.05) is 6.61 Å². The molecule has 0 aromatic heterocycles. The highest BCUT2D eigenvalue weighted by atomic mass is 16.6. The molecule has 3 unspecified atom stereocenters. The lowest BCUT2D eigenvalue weighted by Gasteiger charge is -2.45. The van der Waals surface area contributed by atoms with Crippen molar-refractivity contribution in [3.8, 4) is 0 Å². The number of hydrogen-bond donors (Lipinski definition) is 0. The van der Waals surface area contributed by atoms with Gasteiger partial charge in [-0.25, -0.2) is 9.59 Å².